The lowest BCUT2D eigenvalue weighted by molar-refractivity contribution is -0.167. The van der Waals surface area contributed by atoms with E-state index in [1.807, 2.05) is 0 Å². The van der Waals surface area contributed by atoms with Gasteiger partial charge in [0.05, 0.1) is 0 Å². The third-order valence-corrected chi connectivity index (χ3v) is 15.5. The molecule has 0 aromatic carbocycles. The zero-order valence-corrected chi connectivity index (χ0v) is 52.5. The van der Waals surface area contributed by atoms with Gasteiger partial charge in [0.15, 0.2) is 6.10 Å². The standard InChI is InChI=1S/C72H132O6/c1-4-7-10-13-16-19-22-25-27-29-30-31-32-33-34-35-36-37-38-39-40-41-42-43-45-47-50-53-56-59-62-65-71(74)77-68-69(67-76-70(73)64-61-58-55-52-49-46-24-21-18-15-12-9-6-3)78-72(75)66-63-60-57-54-51-48-44-28-26-23-20-17-14-11-8-5-2/h12,15,20-21,23-24,28,44,69H,4-11,13-14,16-19,22,25-27,29-43,45-68H2,1-3H3/b15-12-,23-20-,24-21-,44-28-. The lowest BCUT2D eigenvalue weighted by Crippen LogP contribution is -2.30. The Morgan fingerprint density at radius 3 is 0.769 bits per heavy atom. The van der Waals surface area contributed by atoms with Gasteiger partial charge in [0.2, 0.25) is 0 Å². The number of hydrogen-bond donors (Lipinski definition) is 0. The van der Waals surface area contributed by atoms with E-state index in [0.29, 0.717) is 19.3 Å². The third-order valence-electron chi connectivity index (χ3n) is 15.5. The summed E-state index contributed by atoms with van der Waals surface area (Å²) in [6.45, 7) is 6.59. The van der Waals surface area contributed by atoms with E-state index in [1.54, 1.807) is 0 Å². The molecule has 6 heteroatoms. The molecule has 0 aliphatic heterocycles. The maximum atomic E-state index is 12.9. The van der Waals surface area contributed by atoms with Gasteiger partial charge in [0.1, 0.15) is 13.2 Å². The molecule has 0 fully saturated rings. The van der Waals surface area contributed by atoms with Crippen LogP contribution in [-0.2, 0) is 28.6 Å². The lowest BCUT2D eigenvalue weighted by atomic mass is 10.0. The highest BCUT2D eigenvalue weighted by Crippen LogP contribution is 2.18. The minimum Gasteiger partial charge on any atom is -0.462 e. The van der Waals surface area contributed by atoms with Crippen molar-refractivity contribution in [3.8, 4) is 0 Å². The van der Waals surface area contributed by atoms with Crippen LogP contribution >= 0.6 is 0 Å². The number of esters is 3. The van der Waals surface area contributed by atoms with E-state index in [9.17, 15) is 14.4 Å². The largest absolute Gasteiger partial charge is 0.462 e. The minimum atomic E-state index is -0.786. The first kappa shape index (κ1) is 75.4. The van der Waals surface area contributed by atoms with E-state index >= 15 is 0 Å². The Balaban J connectivity index is 4.14. The van der Waals surface area contributed by atoms with Crippen LogP contribution in [0.5, 0.6) is 0 Å². The predicted molar refractivity (Wildman–Crippen MR) is 339 cm³/mol. The molecule has 0 N–H and O–H groups in total. The highest BCUT2D eigenvalue weighted by atomic mass is 16.6. The second-order valence-corrected chi connectivity index (χ2v) is 23.4. The molecule has 0 radical (unpaired) electrons. The van der Waals surface area contributed by atoms with Crippen molar-refractivity contribution in [3.05, 3.63) is 48.6 Å². The molecule has 0 bridgehead atoms. The number of carbonyl (C=O) groups is 3. The normalized spacial score (nSPS) is 12.3. The van der Waals surface area contributed by atoms with Crippen LogP contribution in [0.15, 0.2) is 48.6 Å². The van der Waals surface area contributed by atoms with Crippen LogP contribution in [0.2, 0.25) is 0 Å². The Bertz CT molecular complexity index is 1350. The van der Waals surface area contributed by atoms with Crippen LogP contribution in [0.3, 0.4) is 0 Å². The quantitative estimate of drug-likeness (QED) is 0.0261. The van der Waals surface area contributed by atoms with E-state index in [-0.39, 0.29) is 31.1 Å². The molecule has 0 amide bonds. The van der Waals surface area contributed by atoms with Crippen molar-refractivity contribution in [2.45, 2.75) is 380 Å². The van der Waals surface area contributed by atoms with Crippen molar-refractivity contribution in [2.24, 2.45) is 0 Å². The molecule has 0 saturated heterocycles. The monoisotopic (exact) mass is 1090 g/mol. The van der Waals surface area contributed by atoms with Gasteiger partial charge in [-0.2, -0.15) is 0 Å². The van der Waals surface area contributed by atoms with Gasteiger partial charge in [-0.25, -0.2) is 0 Å². The molecule has 456 valence electrons. The Kier molecular flexibility index (Phi) is 64.6. The highest BCUT2D eigenvalue weighted by molar-refractivity contribution is 5.71. The van der Waals surface area contributed by atoms with Crippen LogP contribution < -0.4 is 0 Å². The number of carbonyl (C=O) groups excluding carboxylic acids is 3. The molecular formula is C72H132O6. The van der Waals surface area contributed by atoms with Gasteiger partial charge in [-0.15, -0.1) is 0 Å². The summed E-state index contributed by atoms with van der Waals surface area (Å²) in [7, 11) is 0. The molecule has 0 aromatic rings. The summed E-state index contributed by atoms with van der Waals surface area (Å²) in [4.78, 5) is 38.3. The van der Waals surface area contributed by atoms with Crippen molar-refractivity contribution < 1.29 is 28.6 Å². The lowest BCUT2D eigenvalue weighted by Gasteiger charge is -2.18. The van der Waals surface area contributed by atoms with Gasteiger partial charge >= 0.3 is 17.9 Å². The number of ether oxygens (including phenoxy) is 3. The molecule has 0 aliphatic rings. The second kappa shape index (κ2) is 66.9. The first-order valence-corrected chi connectivity index (χ1v) is 34.6. The second-order valence-electron chi connectivity index (χ2n) is 23.4. The van der Waals surface area contributed by atoms with Crippen LogP contribution in [0, 0.1) is 0 Å². The smallest absolute Gasteiger partial charge is 0.306 e. The highest BCUT2D eigenvalue weighted by Gasteiger charge is 2.19. The van der Waals surface area contributed by atoms with Crippen molar-refractivity contribution in [1.29, 1.82) is 0 Å². The van der Waals surface area contributed by atoms with Crippen molar-refractivity contribution >= 4 is 17.9 Å². The molecular weight excluding hydrogens is 961 g/mol. The van der Waals surface area contributed by atoms with Gasteiger partial charge in [-0.1, -0.05) is 326 Å². The van der Waals surface area contributed by atoms with Crippen LogP contribution in [0.25, 0.3) is 0 Å². The molecule has 0 rings (SSSR count). The third kappa shape index (κ3) is 64.2. The molecule has 0 aliphatic carbocycles. The Morgan fingerprint density at radius 1 is 0.256 bits per heavy atom. The average molecular weight is 1090 g/mol. The summed E-state index contributed by atoms with van der Waals surface area (Å²) in [5.41, 5.74) is 0. The molecule has 0 aromatic heterocycles. The SMILES string of the molecule is CCC/C=C\C/C=C\CCCCCCCC(=O)OCC(COC(=O)CCCCCCCCCCCCCCCCCCCCCCCCCCCCCCCCC)OC(=O)CCCCCCC/C=C\C/C=C\CCCCCC. The topological polar surface area (TPSA) is 78.9 Å². The fourth-order valence-electron chi connectivity index (χ4n) is 10.3. The zero-order chi connectivity index (χ0) is 56.4. The minimum absolute atomic E-state index is 0.0802. The summed E-state index contributed by atoms with van der Waals surface area (Å²) in [6, 6.07) is 0. The predicted octanol–water partition coefficient (Wildman–Crippen LogP) is 23.7. The maximum Gasteiger partial charge on any atom is 0.306 e. The van der Waals surface area contributed by atoms with Gasteiger partial charge in [0, 0.05) is 19.3 Å². The fraction of sp³-hybridized carbons (Fsp3) is 0.847. The van der Waals surface area contributed by atoms with Gasteiger partial charge in [0.25, 0.3) is 0 Å². The van der Waals surface area contributed by atoms with E-state index < -0.39 is 6.10 Å². The molecule has 78 heavy (non-hydrogen) atoms. The molecule has 6 nitrogen and oxygen atoms in total. The first-order valence-electron chi connectivity index (χ1n) is 34.6. The summed E-state index contributed by atoms with van der Waals surface area (Å²) < 4.78 is 16.9. The Morgan fingerprint density at radius 2 is 0.487 bits per heavy atom. The maximum absolute atomic E-state index is 12.9. The summed E-state index contributed by atoms with van der Waals surface area (Å²) in [5.74, 6) is -0.888. The molecule has 0 spiro atoms. The Hall–Kier alpha value is -2.63. The first-order chi connectivity index (χ1) is 38.5. The van der Waals surface area contributed by atoms with Crippen molar-refractivity contribution in [1.82, 2.24) is 0 Å². The molecule has 1 unspecified atom stereocenters. The zero-order valence-electron chi connectivity index (χ0n) is 52.5. The number of allylic oxidation sites excluding steroid dienone is 8. The number of rotatable bonds is 64. The van der Waals surface area contributed by atoms with E-state index in [2.05, 4.69) is 69.4 Å². The van der Waals surface area contributed by atoms with E-state index in [1.165, 1.54) is 225 Å². The van der Waals surface area contributed by atoms with E-state index in [0.717, 1.165) is 109 Å². The van der Waals surface area contributed by atoms with Gasteiger partial charge in [-0.3, -0.25) is 14.4 Å². The average Bonchev–Trinajstić information content (AvgIpc) is 3.44. The molecule has 0 saturated carbocycles. The van der Waals surface area contributed by atoms with Crippen molar-refractivity contribution in [3.63, 3.8) is 0 Å². The van der Waals surface area contributed by atoms with Crippen molar-refractivity contribution in [2.75, 3.05) is 13.2 Å². The molecule has 0 heterocycles. The summed E-state index contributed by atoms with van der Waals surface area (Å²) in [5, 5.41) is 0. The molecule has 1 atom stereocenters. The van der Waals surface area contributed by atoms with Crippen LogP contribution in [0.1, 0.15) is 374 Å². The van der Waals surface area contributed by atoms with Gasteiger partial charge in [-0.05, 0) is 77.0 Å². The van der Waals surface area contributed by atoms with Crippen LogP contribution in [-0.4, -0.2) is 37.2 Å². The summed E-state index contributed by atoms with van der Waals surface area (Å²) >= 11 is 0. The number of hydrogen-bond acceptors (Lipinski definition) is 6. The fourth-order valence-corrected chi connectivity index (χ4v) is 10.3. The van der Waals surface area contributed by atoms with E-state index in [4.69, 9.17) is 14.2 Å². The summed E-state index contributed by atoms with van der Waals surface area (Å²) in [6.07, 6.45) is 84.4. The number of unbranched alkanes of at least 4 members (excludes halogenated alkanes) is 45. The van der Waals surface area contributed by atoms with Crippen LogP contribution in [0.4, 0.5) is 0 Å². The van der Waals surface area contributed by atoms with Gasteiger partial charge < -0.3 is 14.2 Å². The Labute approximate surface area is 486 Å².